The molecule has 2 nitrogen and oxygen atoms in total. The van der Waals surface area contributed by atoms with E-state index >= 15 is 0 Å². The van der Waals surface area contributed by atoms with Crippen LogP contribution in [-0.2, 0) is 0 Å². The van der Waals surface area contributed by atoms with Crippen molar-refractivity contribution in [2.75, 3.05) is 20.6 Å². The molecular formula is C12H28N2. The van der Waals surface area contributed by atoms with Gasteiger partial charge in [-0.15, -0.1) is 0 Å². The SMILES string of the molecule is CCNC(CC)C(CC)(CC)N(C)C. The van der Waals surface area contributed by atoms with Gasteiger partial charge >= 0.3 is 0 Å². The second kappa shape index (κ2) is 6.41. The van der Waals surface area contributed by atoms with Gasteiger partial charge in [-0.1, -0.05) is 27.7 Å². The fourth-order valence-corrected chi connectivity index (χ4v) is 2.65. The molecular weight excluding hydrogens is 172 g/mol. The van der Waals surface area contributed by atoms with Gasteiger partial charge in [0.1, 0.15) is 0 Å². The van der Waals surface area contributed by atoms with Gasteiger partial charge < -0.3 is 10.2 Å². The minimum absolute atomic E-state index is 0.324. The van der Waals surface area contributed by atoms with Crippen molar-refractivity contribution >= 4 is 0 Å². The third kappa shape index (κ3) is 2.71. The lowest BCUT2D eigenvalue weighted by atomic mass is 9.82. The van der Waals surface area contributed by atoms with Gasteiger partial charge in [0.25, 0.3) is 0 Å². The van der Waals surface area contributed by atoms with Crippen molar-refractivity contribution < 1.29 is 0 Å². The lowest BCUT2D eigenvalue weighted by molar-refractivity contribution is 0.0871. The van der Waals surface area contributed by atoms with Crippen molar-refractivity contribution in [2.24, 2.45) is 0 Å². The van der Waals surface area contributed by atoms with Gasteiger partial charge in [0.05, 0.1) is 0 Å². The molecule has 0 heterocycles. The molecule has 0 fully saturated rings. The maximum absolute atomic E-state index is 3.61. The molecule has 0 amide bonds. The number of likely N-dealkylation sites (N-methyl/N-ethyl adjacent to an activating group) is 2. The average molecular weight is 200 g/mol. The zero-order valence-corrected chi connectivity index (χ0v) is 10.9. The van der Waals surface area contributed by atoms with Gasteiger partial charge in [-0.2, -0.15) is 0 Å². The van der Waals surface area contributed by atoms with Gasteiger partial charge in [-0.3, -0.25) is 0 Å². The molecule has 14 heavy (non-hydrogen) atoms. The van der Waals surface area contributed by atoms with Crippen LogP contribution in [0.15, 0.2) is 0 Å². The van der Waals surface area contributed by atoms with E-state index in [1.807, 2.05) is 0 Å². The Balaban J connectivity index is 4.73. The Labute approximate surface area is 90.1 Å². The molecule has 0 rings (SSSR count). The smallest absolute Gasteiger partial charge is 0.0351 e. The summed E-state index contributed by atoms with van der Waals surface area (Å²) >= 11 is 0. The Kier molecular flexibility index (Phi) is 6.38. The van der Waals surface area contributed by atoms with E-state index in [9.17, 15) is 0 Å². The average Bonchev–Trinajstić information content (AvgIpc) is 2.18. The van der Waals surface area contributed by atoms with Crippen molar-refractivity contribution in [3.63, 3.8) is 0 Å². The van der Waals surface area contributed by atoms with E-state index in [1.54, 1.807) is 0 Å². The van der Waals surface area contributed by atoms with E-state index < -0.39 is 0 Å². The van der Waals surface area contributed by atoms with Crippen molar-refractivity contribution in [2.45, 2.75) is 58.5 Å². The second-order valence-corrected chi connectivity index (χ2v) is 4.22. The maximum atomic E-state index is 3.61. The first kappa shape index (κ1) is 13.9. The molecule has 0 saturated heterocycles. The molecule has 0 aliphatic rings. The molecule has 0 aromatic rings. The summed E-state index contributed by atoms with van der Waals surface area (Å²) in [5, 5.41) is 3.61. The normalized spacial score (nSPS) is 14.8. The highest BCUT2D eigenvalue weighted by molar-refractivity contribution is 4.96. The number of rotatable bonds is 7. The van der Waals surface area contributed by atoms with Gasteiger partial charge in [0, 0.05) is 11.6 Å². The van der Waals surface area contributed by atoms with Crippen LogP contribution in [0.2, 0.25) is 0 Å². The summed E-state index contributed by atoms with van der Waals surface area (Å²) in [7, 11) is 4.40. The third-order valence-electron chi connectivity index (χ3n) is 3.62. The van der Waals surface area contributed by atoms with E-state index in [2.05, 4.69) is 52.0 Å². The minimum atomic E-state index is 0.324. The van der Waals surface area contributed by atoms with Gasteiger partial charge in [-0.05, 0) is 39.9 Å². The molecule has 1 unspecified atom stereocenters. The van der Waals surface area contributed by atoms with Crippen molar-refractivity contribution in [1.29, 1.82) is 0 Å². The van der Waals surface area contributed by atoms with Crippen molar-refractivity contribution in [3.05, 3.63) is 0 Å². The summed E-state index contributed by atoms with van der Waals surface area (Å²) in [6.45, 7) is 10.1. The van der Waals surface area contributed by atoms with Gasteiger partial charge in [-0.25, -0.2) is 0 Å². The lowest BCUT2D eigenvalue weighted by Gasteiger charge is -2.45. The number of hydrogen-bond donors (Lipinski definition) is 1. The van der Waals surface area contributed by atoms with Gasteiger partial charge in [0.2, 0.25) is 0 Å². The van der Waals surface area contributed by atoms with E-state index in [0.29, 0.717) is 11.6 Å². The number of nitrogens with one attached hydrogen (secondary N) is 1. The quantitative estimate of drug-likeness (QED) is 0.679. The van der Waals surface area contributed by atoms with Crippen LogP contribution in [0.3, 0.4) is 0 Å². The van der Waals surface area contributed by atoms with Crippen LogP contribution in [0.25, 0.3) is 0 Å². The summed E-state index contributed by atoms with van der Waals surface area (Å²) in [5.41, 5.74) is 0.324. The largest absolute Gasteiger partial charge is 0.312 e. The Morgan fingerprint density at radius 3 is 1.79 bits per heavy atom. The molecule has 0 aliphatic carbocycles. The molecule has 0 aromatic carbocycles. The monoisotopic (exact) mass is 200 g/mol. The van der Waals surface area contributed by atoms with E-state index in [0.717, 1.165) is 6.54 Å². The van der Waals surface area contributed by atoms with E-state index in [1.165, 1.54) is 19.3 Å². The van der Waals surface area contributed by atoms with E-state index in [4.69, 9.17) is 0 Å². The van der Waals surface area contributed by atoms with E-state index in [-0.39, 0.29) is 0 Å². The van der Waals surface area contributed by atoms with Crippen LogP contribution >= 0.6 is 0 Å². The molecule has 86 valence electrons. The zero-order valence-electron chi connectivity index (χ0n) is 10.9. The third-order valence-corrected chi connectivity index (χ3v) is 3.62. The van der Waals surface area contributed by atoms with Crippen molar-refractivity contribution in [1.82, 2.24) is 10.2 Å². The fraction of sp³-hybridized carbons (Fsp3) is 1.00. The van der Waals surface area contributed by atoms with Gasteiger partial charge in [0.15, 0.2) is 0 Å². The van der Waals surface area contributed by atoms with Crippen molar-refractivity contribution in [3.8, 4) is 0 Å². The predicted octanol–water partition coefficient (Wildman–Crippen LogP) is 2.49. The zero-order chi connectivity index (χ0) is 11.2. The van der Waals surface area contributed by atoms with Crippen LogP contribution in [0.5, 0.6) is 0 Å². The summed E-state index contributed by atoms with van der Waals surface area (Å²) < 4.78 is 0. The highest BCUT2D eigenvalue weighted by atomic mass is 15.2. The van der Waals surface area contributed by atoms with Crippen LogP contribution < -0.4 is 5.32 Å². The molecule has 1 N–H and O–H groups in total. The van der Waals surface area contributed by atoms with Crippen LogP contribution in [0, 0.1) is 0 Å². The predicted molar refractivity (Wildman–Crippen MR) is 64.8 cm³/mol. The van der Waals surface area contributed by atoms with Crippen LogP contribution in [0.4, 0.5) is 0 Å². The molecule has 2 heteroatoms. The molecule has 1 atom stereocenters. The summed E-state index contributed by atoms with van der Waals surface area (Å²) in [6.07, 6.45) is 3.62. The highest BCUT2D eigenvalue weighted by Crippen LogP contribution is 2.27. The molecule has 0 aromatic heterocycles. The molecule has 0 saturated carbocycles. The first-order chi connectivity index (χ1) is 6.58. The summed E-state index contributed by atoms with van der Waals surface area (Å²) in [5.74, 6) is 0. The fourth-order valence-electron chi connectivity index (χ4n) is 2.65. The molecule has 0 bridgehead atoms. The lowest BCUT2D eigenvalue weighted by Crippen LogP contribution is -2.58. The van der Waals surface area contributed by atoms with Crippen LogP contribution in [0.1, 0.15) is 47.0 Å². The highest BCUT2D eigenvalue weighted by Gasteiger charge is 2.35. The number of hydrogen-bond acceptors (Lipinski definition) is 2. The van der Waals surface area contributed by atoms with Crippen LogP contribution in [-0.4, -0.2) is 37.1 Å². The molecule has 0 radical (unpaired) electrons. The maximum Gasteiger partial charge on any atom is 0.0351 e. The number of nitrogens with zero attached hydrogens (tertiary/aromatic N) is 1. The topological polar surface area (TPSA) is 15.3 Å². The first-order valence-corrected chi connectivity index (χ1v) is 5.99. The summed E-state index contributed by atoms with van der Waals surface area (Å²) in [6, 6.07) is 0.609. The Morgan fingerprint density at radius 2 is 1.57 bits per heavy atom. The standard InChI is InChI=1S/C12H28N2/c1-7-11(13-10-4)12(8-2,9-3)14(5)6/h11,13H,7-10H2,1-6H3. The molecule has 0 spiro atoms. The first-order valence-electron chi connectivity index (χ1n) is 5.99. The molecule has 0 aliphatic heterocycles. The Bertz CT molecular complexity index is 139. The Morgan fingerprint density at radius 1 is 1.07 bits per heavy atom. The minimum Gasteiger partial charge on any atom is -0.312 e. The summed E-state index contributed by atoms with van der Waals surface area (Å²) in [4.78, 5) is 2.39. The Hall–Kier alpha value is -0.0800. The second-order valence-electron chi connectivity index (χ2n) is 4.22.